The van der Waals surface area contributed by atoms with Crippen LogP contribution in [0.4, 0.5) is 13.2 Å². The SMILES string of the molecule is CCn1cc(CN2CC3C(C2)C3CN(Cc2cccc(OC(F)(F)F)c2)C(=O)c2cscn2)c(C)n1. The molecule has 2 aromatic heterocycles. The van der Waals surface area contributed by atoms with Crippen LogP contribution in [-0.4, -0.2) is 56.5 Å². The maximum Gasteiger partial charge on any atom is 0.573 e. The zero-order valence-electron chi connectivity index (χ0n) is 20.1. The molecule has 2 atom stereocenters. The summed E-state index contributed by atoms with van der Waals surface area (Å²) in [6.07, 6.45) is -2.65. The predicted octanol–water partition coefficient (Wildman–Crippen LogP) is 4.59. The average Bonchev–Trinajstić information content (AvgIpc) is 3.30. The number of amides is 1. The highest BCUT2D eigenvalue weighted by Crippen LogP contribution is 2.52. The van der Waals surface area contributed by atoms with E-state index in [1.807, 2.05) is 11.6 Å². The second-order valence-corrected chi connectivity index (χ2v) is 10.3. The second kappa shape index (κ2) is 9.85. The lowest BCUT2D eigenvalue weighted by Gasteiger charge is -2.25. The number of fused-ring (bicyclic) bond motifs is 1. The number of alkyl halides is 3. The van der Waals surface area contributed by atoms with E-state index in [1.165, 1.54) is 35.1 Å². The molecule has 3 aromatic rings. The molecule has 2 unspecified atom stereocenters. The molecule has 192 valence electrons. The Morgan fingerprint density at radius 2 is 2.06 bits per heavy atom. The highest BCUT2D eigenvalue weighted by molar-refractivity contribution is 7.07. The molecule has 2 aliphatic rings. The van der Waals surface area contributed by atoms with E-state index >= 15 is 0 Å². The van der Waals surface area contributed by atoms with Crippen molar-refractivity contribution in [2.45, 2.75) is 39.8 Å². The zero-order valence-corrected chi connectivity index (χ0v) is 20.9. The van der Waals surface area contributed by atoms with Crippen molar-refractivity contribution < 1.29 is 22.7 Å². The Hall–Kier alpha value is -2.92. The Morgan fingerprint density at radius 1 is 1.28 bits per heavy atom. The van der Waals surface area contributed by atoms with E-state index in [1.54, 1.807) is 21.9 Å². The maximum absolute atomic E-state index is 13.2. The number of aryl methyl sites for hydroxylation is 2. The quantitative estimate of drug-likeness (QED) is 0.414. The van der Waals surface area contributed by atoms with Crippen molar-refractivity contribution in [1.29, 1.82) is 0 Å². The van der Waals surface area contributed by atoms with Gasteiger partial charge in [-0.25, -0.2) is 4.98 Å². The van der Waals surface area contributed by atoms with Crippen LogP contribution in [0.5, 0.6) is 5.75 Å². The molecule has 7 nitrogen and oxygen atoms in total. The van der Waals surface area contributed by atoms with E-state index < -0.39 is 6.36 Å². The highest BCUT2D eigenvalue weighted by Gasteiger charge is 2.56. The van der Waals surface area contributed by atoms with Gasteiger partial charge in [-0.2, -0.15) is 5.10 Å². The van der Waals surface area contributed by atoms with Gasteiger partial charge in [-0.05, 0) is 49.3 Å². The van der Waals surface area contributed by atoms with Gasteiger partial charge < -0.3 is 9.64 Å². The number of aromatic nitrogens is 3. The molecule has 0 radical (unpaired) electrons. The summed E-state index contributed by atoms with van der Waals surface area (Å²) < 4.78 is 44.0. The van der Waals surface area contributed by atoms with Crippen molar-refractivity contribution >= 4 is 17.2 Å². The number of nitrogens with zero attached hydrogens (tertiary/aromatic N) is 5. The fourth-order valence-electron chi connectivity index (χ4n) is 5.27. The van der Waals surface area contributed by atoms with E-state index in [2.05, 4.69) is 32.8 Å². The molecule has 1 aliphatic carbocycles. The fraction of sp³-hybridized carbons (Fsp3) is 0.480. The fourth-order valence-corrected chi connectivity index (χ4v) is 5.79. The first-order chi connectivity index (χ1) is 17.2. The molecule has 11 heteroatoms. The van der Waals surface area contributed by atoms with Crippen LogP contribution >= 0.6 is 11.3 Å². The number of halogens is 3. The van der Waals surface area contributed by atoms with Crippen LogP contribution in [0, 0.1) is 24.7 Å². The highest BCUT2D eigenvalue weighted by atomic mass is 32.1. The Labute approximate surface area is 211 Å². The summed E-state index contributed by atoms with van der Waals surface area (Å²) in [6, 6.07) is 5.81. The van der Waals surface area contributed by atoms with Gasteiger partial charge in [0.2, 0.25) is 0 Å². The third-order valence-corrected chi connectivity index (χ3v) is 7.67. The number of ether oxygens (including phenoxy) is 1. The van der Waals surface area contributed by atoms with Crippen LogP contribution in [-0.2, 0) is 19.6 Å². The Kier molecular flexibility index (Phi) is 6.78. The number of benzene rings is 1. The van der Waals surface area contributed by atoms with Gasteiger partial charge in [-0.1, -0.05) is 12.1 Å². The number of thiazole rings is 1. The summed E-state index contributed by atoms with van der Waals surface area (Å²) >= 11 is 1.34. The van der Waals surface area contributed by atoms with Crippen LogP contribution in [0.2, 0.25) is 0 Å². The molecule has 1 saturated heterocycles. The van der Waals surface area contributed by atoms with E-state index in [0.29, 0.717) is 35.6 Å². The van der Waals surface area contributed by atoms with Crippen LogP contribution < -0.4 is 4.74 Å². The second-order valence-electron chi connectivity index (χ2n) is 9.54. The number of carbonyl (C=O) groups excluding carboxylic acids is 1. The van der Waals surface area contributed by atoms with Crippen LogP contribution in [0.1, 0.15) is 34.2 Å². The van der Waals surface area contributed by atoms with Crippen LogP contribution in [0.25, 0.3) is 0 Å². The van der Waals surface area contributed by atoms with E-state index in [0.717, 1.165) is 31.9 Å². The number of likely N-dealkylation sites (tertiary alicyclic amines) is 1. The normalized spacial score (nSPS) is 21.4. The molecule has 1 aliphatic heterocycles. The summed E-state index contributed by atoms with van der Waals surface area (Å²) in [5.41, 5.74) is 4.85. The van der Waals surface area contributed by atoms with Crippen molar-refractivity contribution in [2.75, 3.05) is 19.6 Å². The minimum absolute atomic E-state index is 0.195. The molecule has 1 amide bonds. The first kappa shape index (κ1) is 24.8. The number of carbonyl (C=O) groups is 1. The lowest BCUT2D eigenvalue weighted by molar-refractivity contribution is -0.274. The summed E-state index contributed by atoms with van der Waals surface area (Å²) in [5, 5.41) is 6.24. The van der Waals surface area contributed by atoms with Gasteiger partial charge in [0.15, 0.2) is 0 Å². The van der Waals surface area contributed by atoms with E-state index in [4.69, 9.17) is 0 Å². The molecule has 2 fully saturated rings. The summed E-state index contributed by atoms with van der Waals surface area (Å²) in [6.45, 7) is 8.53. The van der Waals surface area contributed by atoms with Crippen molar-refractivity contribution in [1.82, 2.24) is 24.6 Å². The van der Waals surface area contributed by atoms with Gasteiger partial charge >= 0.3 is 6.36 Å². The van der Waals surface area contributed by atoms with Gasteiger partial charge in [0, 0.05) is 56.4 Å². The molecule has 1 aromatic carbocycles. The first-order valence-electron chi connectivity index (χ1n) is 12.0. The lowest BCUT2D eigenvalue weighted by atomic mass is 10.1. The molecular weight excluding hydrogens is 491 g/mol. The predicted molar refractivity (Wildman–Crippen MR) is 128 cm³/mol. The van der Waals surface area contributed by atoms with Gasteiger partial charge in [0.05, 0.1) is 11.2 Å². The zero-order chi connectivity index (χ0) is 25.4. The van der Waals surface area contributed by atoms with Crippen molar-refractivity contribution in [3.8, 4) is 5.75 Å². The number of hydrogen-bond donors (Lipinski definition) is 0. The number of piperidine rings is 1. The molecule has 36 heavy (non-hydrogen) atoms. The Balaban J connectivity index is 1.24. The third kappa shape index (κ3) is 5.57. The average molecular weight is 520 g/mol. The molecule has 5 rings (SSSR count). The van der Waals surface area contributed by atoms with E-state index in [9.17, 15) is 18.0 Å². The minimum atomic E-state index is -4.76. The third-order valence-electron chi connectivity index (χ3n) is 7.09. The largest absolute Gasteiger partial charge is 0.573 e. The topological polar surface area (TPSA) is 63.5 Å². The van der Waals surface area contributed by atoms with Gasteiger partial charge in [0.25, 0.3) is 5.91 Å². The smallest absolute Gasteiger partial charge is 0.406 e. The van der Waals surface area contributed by atoms with Crippen LogP contribution in [0.3, 0.4) is 0 Å². The van der Waals surface area contributed by atoms with Gasteiger partial charge in [0.1, 0.15) is 11.4 Å². The molecule has 1 saturated carbocycles. The monoisotopic (exact) mass is 519 g/mol. The van der Waals surface area contributed by atoms with Crippen molar-refractivity contribution in [3.05, 3.63) is 63.9 Å². The summed E-state index contributed by atoms with van der Waals surface area (Å²) in [5.74, 6) is 0.900. The first-order valence-corrected chi connectivity index (χ1v) is 12.9. The lowest BCUT2D eigenvalue weighted by Crippen LogP contribution is -2.35. The number of rotatable bonds is 9. The maximum atomic E-state index is 13.2. The van der Waals surface area contributed by atoms with Crippen LogP contribution in [0.15, 0.2) is 41.4 Å². The van der Waals surface area contributed by atoms with Gasteiger partial charge in [-0.15, -0.1) is 24.5 Å². The van der Waals surface area contributed by atoms with Crippen molar-refractivity contribution in [2.24, 2.45) is 17.8 Å². The number of hydrogen-bond acceptors (Lipinski definition) is 6. The molecule has 3 heterocycles. The Morgan fingerprint density at radius 3 is 2.69 bits per heavy atom. The molecular formula is C25H28F3N5O2S. The molecule has 0 bridgehead atoms. The van der Waals surface area contributed by atoms with Crippen molar-refractivity contribution in [3.63, 3.8) is 0 Å². The Bertz CT molecular complexity index is 1200. The standard InChI is InChI=1S/C25H28F3N5O2S/c1-3-33-10-18(16(2)30-33)9-31-11-20-21(12-31)22(20)13-32(24(34)23-14-36-15-29-23)8-17-5-4-6-19(7-17)35-25(26,27)28/h4-7,10,14-15,20-22H,3,8-9,11-13H2,1-2H3. The summed E-state index contributed by atoms with van der Waals surface area (Å²) in [7, 11) is 0. The van der Waals surface area contributed by atoms with Gasteiger partial charge in [-0.3, -0.25) is 14.4 Å². The van der Waals surface area contributed by atoms with E-state index in [-0.39, 0.29) is 18.2 Å². The molecule has 0 N–H and O–H groups in total. The minimum Gasteiger partial charge on any atom is -0.406 e. The molecule has 0 spiro atoms. The summed E-state index contributed by atoms with van der Waals surface area (Å²) in [4.78, 5) is 21.5.